The molecule has 1 aromatic carbocycles. The molecule has 0 fully saturated rings. The van der Waals surface area contributed by atoms with Crippen LogP contribution in [0.3, 0.4) is 0 Å². The molecule has 3 aromatic heterocycles. The summed E-state index contributed by atoms with van der Waals surface area (Å²) >= 11 is 0. The lowest BCUT2D eigenvalue weighted by atomic mass is 10.2. The van der Waals surface area contributed by atoms with Crippen LogP contribution in [0, 0.1) is 6.92 Å². The standard InChI is InChI=1S/C18H16N8O/c1-13-11-26(18(19)24-13)23-10-14-3-5-15(6-4-14)27-17-9-16(20-12-21-17)25-8-2-7-22-25/h2-12H,1H3,(H2,19,24). The second kappa shape index (κ2) is 7.08. The Morgan fingerprint density at radius 1 is 1.19 bits per heavy atom. The predicted molar refractivity (Wildman–Crippen MR) is 100 cm³/mol. The van der Waals surface area contributed by atoms with Crippen molar-refractivity contribution in [3.8, 4) is 17.4 Å². The van der Waals surface area contributed by atoms with Crippen molar-refractivity contribution < 1.29 is 4.74 Å². The number of ether oxygens (including phenoxy) is 1. The fraction of sp³-hybridized carbons (Fsp3) is 0.0556. The van der Waals surface area contributed by atoms with E-state index in [0.29, 0.717) is 23.4 Å². The number of imidazole rings is 1. The zero-order valence-corrected chi connectivity index (χ0v) is 14.5. The summed E-state index contributed by atoms with van der Waals surface area (Å²) in [6, 6.07) is 11.0. The maximum atomic E-state index is 5.79. The molecule has 0 radical (unpaired) electrons. The fourth-order valence-corrected chi connectivity index (χ4v) is 2.38. The first-order valence-electron chi connectivity index (χ1n) is 8.13. The van der Waals surface area contributed by atoms with Gasteiger partial charge in [-0.2, -0.15) is 10.2 Å². The van der Waals surface area contributed by atoms with Gasteiger partial charge in [0.2, 0.25) is 11.8 Å². The summed E-state index contributed by atoms with van der Waals surface area (Å²) < 4.78 is 8.95. The number of rotatable bonds is 5. The molecule has 0 aliphatic heterocycles. The molecule has 0 saturated heterocycles. The number of benzene rings is 1. The highest BCUT2D eigenvalue weighted by molar-refractivity contribution is 5.79. The van der Waals surface area contributed by atoms with E-state index in [1.807, 2.05) is 37.3 Å². The molecule has 134 valence electrons. The molecule has 0 aliphatic carbocycles. The second-order valence-electron chi connectivity index (χ2n) is 5.67. The first kappa shape index (κ1) is 16.5. The van der Waals surface area contributed by atoms with Crippen molar-refractivity contribution in [2.75, 3.05) is 5.73 Å². The average molecular weight is 360 g/mol. The molecule has 3 heterocycles. The molecular formula is C18H16N8O. The van der Waals surface area contributed by atoms with E-state index < -0.39 is 0 Å². The largest absolute Gasteiger partial charge is 0.439 e. The highest BCUT2D eigenvalue weighted by Gasteiger charge is 2.04. The molecule has 0 spiro atoms. The van der Waals surface area contributed by atoms with Crippen molar-refractivity contribution in [3.05, 3.63) is 72.6 Å². The number of hydrogen-bond acceptors (Lipinski definition) is 7. The maximum Gasteiger partial charge on any atom is 0.224 e. The van der Waals surface area contributed by atoms with E-state index in [2.05, 4.69) is 25.2 Å². The molecule has 2 N–H and O–H groups in total. The number of nitrogens with two attached hydrogens (primary N) is 1. The van der Waals surface area contributed by atoms with Gasteiger partial charge >= 0.3 is 0 Å². The van der Waals surface area contributed by atoms with Crippen molar-refractivity contribution in [2.45, 2.75) is 6.92 Å². The van der Waals surface area contributed by atoms with Crippen LogP contribution in [0.15, 0.2) is 66.4 Å². The Hall–Kier alpha value is -4.01. The summed E-state index contributed by atoms with van der Waals surface area (Å²) in [5.74, 6) is 2.05. The van der Waals surface area contributed by atoms with Gasteiger partial charge in [-0.25, -0.2) is 24.3 Å². The van der Waals surface area contributed by atoms with Gasteiger partial charge in [0.05, 0.1) is 18.1 Å². The minimum absolute atomic E-state index is 0.348. The summed E-state index contributed by atoms with van der Waals surface area (Å²) in [6.45, 7) is 1.86. The number of nitrogen functional groups attached to an aromatic ring is 1. The molecule has 27 heavy (non-hydrogen) atoms. The second-order valence-corrected chi connectivity index (χ2v) is 5.67. The minimum atomic E-state index is 0.348. The number of hydrogen-bond donors (Lipinski definition) is 1. The molecule has 0 atom stereocenters. The zero-order chi connectivity index (χ0) is 18.6. The van der Waals surface area contributed by atoms with Gasteiger partial charge in [0.15, 0.2) is 5.82 Å². The van der Waals surface area contributed by atoms with Gasteiger partial charge in [0, 0.05) is 18.5 Å². The summed E-state index contributed by atoms with van der Waals surface area (Å²) in [6.07, 6.45) is 8.37. The lowest BCUT2D eigenvalue weighted by Gasteiger charge is -2.06. The lowest BCUT2D eigenvalue weighted by Crippen LogP contribution is -1.99. The number of nitrogens with zero attached hydrogens (tertiary/aromatic N) is 7. The van der Waals surface area contributed by atoms with Crippen LogP contribution in [-0.4, -0.2) is 35.6 Å². The Morgan fingerprint density at radius 3 is 2.74 bits per heavy atom. The van der Waals surface area contributed by atoms with Crippen LogP contribution < -0.4 is 10.5 Å². The Balaban J connectivity index is 1.47. The monoisotopic (exact) mass is 360 g/mol. The molecule has 0 aliphatic rings. The molecule has 4 rings (SSSR count). The van der Waals surface area contributed by atoms with Crippen molar-refractivity contribution in [1.29, 1.82) is 0 Å². The van der Waals surface area contributed by atoms with Gasteiger partial charge in [0.1, 0.15) is 12.1 Å². The smallest absolute Gasteiger partial charge is 0.224 e. The van der Waals surface area contributed by atoms with Crippen LogP contribution in [0.1, 0.15) is 11.3 Å². The van der Waals surface area contributed by atoms with Gasteiger partial charge in [-0.15, -0.1) is 0 Å². The van der Waals surface area contributed by atoms with Crippen LogP contribution in [0.25, 0.3) is 5.82 Å². The van der Waals surface area contributed by atoms with Crippen LogP contribution in [0.2, 0.25) is 0 Å². The van der Waals surface area contributed by atoms with E-state index in [-0.39, 0.29) is 0 Å². The Labute approximate surface area is 154 Å². The maximum absolute atomic E-state index is 5.79. The predicted octanol–water partition coefficient (Wildman–Crippen LogP) is 2.42. The Morgan fingerprint density at radius 2 is 2.04 bits per heavy atom. The molecule has 4 aromatic rings. The quantitative estimate of drug-likeness (QED) is 0.548. The minimum Gasteiger partial charge on any atom is -0.439 e. The molecule has 9 heteroatoms. The van der Waals surface area contributed by atoms with E-state index in [0.717, 1.165) is 11.3 Å². The molecule has 9 nitrogen and oxygen atoms in total. The fourth-order valence-electron chi connectivity index (χ4n) is 2.38. The van der Waals surface area contributed by atoms with E-state index in [9.17, 15) is 0 Å². The number of aryl methyl sites for hydroxylation is 1. The third kappa shape index (κ3) is 3.82. The SMILES string of the molecule is Cc1cn(N=Cc2ccc(Oc3cc(-n4cccn4)ncn3)cc2)c(N)n1. The Kier molecular flexibility index (Phi) is 4.32. The first-order chi connectivity index (χ1) is 13.2. The first-order valence-corrected chi connectivity index (χ1v) is 8.13. The van der Waals surface area contributed by atoms with Crippen molar-refractivity contribution >= 4 is 12.2 Å². The van der Waals surface area contributed by atoms with Crippen LogP contribution in [0.4, 0.5) is 5.95 Å². The summed E-state index contributed by atoms with van der Waals surface area (Å²) in [5.41, 5.74) is 7.47. The molecule has 0 unspecified atom stereocenters. The summed E-state index contributed by atoms with van der Waals surface area (Å²) in [4.78, 5) is 12.4. The van der Waals surface area contributed by atoms with Crippen molar-refractivity contribution in [3.63, 3.8) is 0 Å². The number of anilines is 1. The van der Waals surface area contributed by atoms with Gasteiger partial charge < -0.3 is 10.5 Å². The van der Waals surface area contributed by atoms with E-state index in [1.165, 1.54) is 11.0 Å². The van der Waals surface area contributed by atoms with Gasteiger partial charge in [-0.05, 0) is 42.8 Å². The third-order valence-electron chi connectivity index (χ3n) is 3.64. The van der Waals surface area contributed by atoms with Crippen LogP contribution in [-0.2, 0) is 0 Å². The van der Waals surface area contributed by atoms with E-state index in [4.69, 9.17) is 10.5 Å². The molecule has 0 saturated carbocycles. The normalized spacial score (nSPS) is 11.1. The Bertz CT molecular complexity index is 1070. The molecule has 0 amide bonds. The highest BCUT2D eigenvalue weighted by atomic mass is 16.5. The van der Waals surface area contributed by atoms with E-state index >= 15 is 0 Å². The topological polar surface area (TPSA) is 109 Å². The average Bonchev–Trinajstić information content (AvgIpc) is 3.31. The lowest BCUT2D eigenvalue weighted by molar-refractivity contribution is 0.460. The molecule has 0 bridgehead atoms. The van der Waals surface area contributed by atoms with Crippen molar-refractivity contribution in [1.82, 2.24) is 29.4 Å². The third-order valence-corrected chi connectivity index (χ3v) is 3.64. The van der Waals surface area contributed by atoms with E-state index in [1.54, 1.807) is 35.6 Å². The van der Waals surface area contributed by atoms with Gasteiger partial charge in [-0.3, -0.25) is 0 Å². The zero-order valence-electron chi connectivity index (χ0n) is 14.5. The van der Waals surface area contributed by atoms with Crippen molar-refractivity contribution in [2.24, 2.45) is 5.10 Å². The number of aromatic nitrogens is 6. The summed E-state index contributed by atoms with van der Waals surface area (Å²) in [7, 11) is 0. The van der Waals surface area contributed by atoms with Crippen LogP contribution >= 0.6 is 0 Å². The van der Waals surface area contributed by atoms with Gasteiger partial charge in [-0.1, -0.05) is 0 Å². The molecular weight excluding hydrogens is 344 g/mol. The summed E-state index contributed by atoms with van der Waals surface area (Å²) in [5, 5.41) is 8.42. The van der Waals surface area contributed by atoms with Crippen LogP contribution in [0.5, 0.6) is 11.6 Å². The van der Waals surface area contributed by atoms with Gasteiger partial charge in [0.25, 0.3) is 0 Å². The highest BCUT2D eigenvalue weighted by Crippen LogP contribution is 2.20.